The molecule has 1 aliphatic rings. The zero-order chi connectivity index (χ0) is 9.84. The maximum atomic E-state index is 10.8. The maximum absolute atomic E-state index is 10.8. The molecule has 0 bridgehead atoms. The van der Waals surface area contributed by atoms with E-state index >= 15 is 0 Å². The van der Waals surface area contributed by atoms with Gasteiger partial charge in [-0.1, -0.05) is 26.7 Å². The Morgan fingerprint density at radius 2 is 1.92 bits per heavy atom. The first-order chi connectivity index (χ1) is 6.11. The average molecular weight is 186 g/mol. The Balaban J connectivity index is 2.41. The highest BCUT2D eigenvalue weighted by molar-refractivity contribution is 5.72. The first kappa shape index (κ1) is 10.5. The molecule has 1 atom stereocenters. The first-order valence-corrected chi connectivity index (χ1v) is 4.99. The zero-order valence-corrected chi connectivity index (χ0v) is 8.32. The monoisotopic (exact) mass is 186 g/mol. The van der Waals surface area contributed by atoms with Crippen LogP contribution < -0.4 is 0 Å². The van der Waals surface area contributed by atoms with Crippen LogP contribution in [0.1, 0.15) is 39.5 Å². The van der Waals surface area contributed by atoms with Gasteiger partial charge < -0.3 is 9.84 Å². The Labute approximate surface area is 79.1 Å². The molecular formula is C10H18O3. The minimum Gasteiger partial charge on any atom is -0.479 e. The van der Waals surface area contributed by atoms with Gasteiger partial charge in [0.1, 0.15) is 0 Å². The predicted octanol–water partition coefficient (Wildman–Crippen LogP) is 2.05. The number of aliphatic carboxylic acids is 1. The van der Waals surface area contributed by atoms with Crippen molar-refractivity contribution in [1.29, 1.82) is 0 Å². The molecule has 1 aliphatic carbocycles. The van der Waals surface area contributed by atoms with Gasteiger partial charge in [-0.15, -0.1) is 0 Å². The molecule has 1 N–H and O–H groups in total. The van der Waals surface area contributed by atoms with E-state index in [1.165, 1.54) is 12.8 Å². The molecule has 1 rings (SSSR count). The van der Waals surface area contributed by atoms with Crippen LogP contribution in [0.5, 0.6) is 0 Å². The molecule has 0 saturated heterocycles. The number of hydrogen-bond acceptors (Lipinski definition) is 2. The standard InChI is InChI=1S/C10H18O3/c1-7(2)9(10(11)12)13-8-5-3-4-6-8/h7-9H,3-6H2,1-2H3,(H,11,12). The van der Waals surface area contributed by atoms with Gasteiger partial charge in [0.15, 0.2) is 6.10 Å². The molecule has 0 radical (unpaired) electrons. The van der Waals surface area contributed by atoms with Crippen LogP contribution in [0.15, 0.2) is 0 Å². The summed E-state index contributed by atoms with van der Waals surface area (Å²) in [5, 5.41) is 8.88. The van der Waals surface area contributed by atoms with Gasteiger partial charge in [-0.2, -0.15) is 0 Å². The Morgan fingerprint density at radius 3 is 2.31 bits per heavy atom. The van der Waals surface area contributed by atoms with Crippen LogP contribution in [0.2, 0.25) is 0 Å². The minimum absolute atomic E-state index is 0.0538. The summed E-state index contributed by atoms with van der Waals surface area (Å²) in [7, 11) is 0. The molecule has 76 valence electrons. The molecule has 0 aromatic heterocycles. The number of rotatable bonds is 4. The Hall–Kier alpha value is -0.570. The van der Waals surface area contributed by atoms with Crippen LogP contribution in [0.25, 0.3) is 0 Å². The SMILES string of the molecule is CC(C)C(OC1CCCC1)C(=O)O. The Morgan fingerprint density at radius 1 is 1.38 bits per heavy atom. The predicted molar refractivity (Wildman–Crippen MR) is 49.6 cm³/mol. The van der Waals surface area contributed by atoms with E-state index in [9.17, 15) is 4.79 Å². The summed E-state index contributed by atoms with van der Waals surface area (Å²) >= 11 is 0. The first-order valence-electron chi connectivity index (χ1n) is 4.99. The van der Waals surface area contributed by atoms with E-state index < -0.39 is 12.1 Å². The molecule has 1 saturated carbocycles. The summed E-state index contributed by atoms with van der Waals surface area (Å²) in [6.07, 6.45) is 3.96. The second-order valence-corrected chi connectivity index (χ2v) is 4.05. The van der Waals surface area contributed by atoms with Crippen molar-refractivity contribution in [2.45, 2.75) is 51.7 Å². The Bertz CT molecular complexity index is 171. The molecule has 0 aliphatic heterocycles. The van der Waals surface area contributed by atoms with Crippen molar-refractivity contribution in [3.8, 4) is 0 Å². The second kappa shape index (κ2) is 4.61. The van der Waals surface area contributed by atoms with Crippen LogP contribution in [0.3, 0.4) is 0 Å². The van der Waals surface area contributed by atoms with Gasteiger partial charge >= 0.3 is 5.97 Å². The lowest BCUT2D eigenvalue weighted by Crippen LogP contribution is -2.32. The summed E-state index contributed by atoms with van der Waals surface area (Å²) in [5.74, 6) is -0.778. The lowest BCUT2D eigenvalue weighted by atomic mass is 10.1. The van der Waals surface area contributed by atoms with Crippen LogP contribution >= 0.6 is 0 Å². The van der Waals surface area contributed by atoms with Crippen molar-refractivity contribution in [3.63, 3.8) is 0 Å². The van der Waals surface area contributed by atoms with Gasteiger partial charge in [0.25, 0.3) is 0 Å². The third-order valence-corrected chi connectivity index (χ3v) is 2.49. The average Bonchev–Trinajstić information content (AvgIpc) is 2.50. The zero-order valence-electron chi connectivity index (χ0n) is 8.32. The quantitative estimate of drug-likeness (QED) is 0.731. The van der Waals surface area contributed by atoms with Crippen LogP contribution in [0.4, 0.5) is 0 Å². The molecule has 3 nitrogen and oxygen atoms in total. The summed E-state index contributed by atoms with van der Waals surface area (Å²) < 4.78 is 5.53. The van der Waals surface area contributed by atoms with Crippen molar-refractivity contribution >= 4 is 5.97 Å². The highest BCUT2D eigenvalue weighted by atomic mass is 16.5. The maximum Gasteiger partial charge on any atom is 0.333 e. The van der Waals surface area contributed by atoms with E-state index in [0.717, 1.165) is 12.8 Å². The van der Waals surface area contributed by atoms with Crippen LogP contribution in [-0.4, -0.2) is 23.3 Å². The third-order valence-electron chi connectivity index (χ3n) is 2.49. The fourth-order valence-electron chi connectivity index (χ4n) is 1.73. The number of ether oxygens (including phenoxy) is 1. The van der Waals surface area contributed by atoms with E-state index in [1.54, 1.807) is 0 Å². The molecular weight excluding hydrogens is 168 g/mol. The fourth-order valence-corrected chi connectivity index (χ4v) is 1.73. The molecule has 0 spiro atoms. The Kier molecular flexibility index (Phi) is 3.72. The molecule has 0 aromatic rings. The van der Waals surface area contributed by atoms with Gasteiger partial charge in [-0.05, 0) is 18.8 Å². The van der Waals surface area contributed by atoms with Gasteiger partial charge in [0.2, 0.25) is 0 Å². The summed E-state index contributed by atoms with van der Waals surface area (Å²) in [4.78, 5) is 10.8. The molecule has 0 amide bonds. The third kappa shape index (κ3) is 2.99. The molecule has 0 heterocycles. The molecule has 13 heavy (non-hydrogen) atoms. The van der Waals surface area contributed by atoms with Crippen molar-refractivity contribution < 1.29 is 14.6 Å². The normalized spacial score (nSPS) is 20.8. The molecule has 1 fully saturated rings. The fraction of sp³-hybridized carbons (Fsp3) is 0.900. The van der Waals surface area contributed by atoms with E-state index in [1.807, 2.05) is 13.8 Å². The van der Waals surface area contributed by atoms with Gasteiger partial charge in [-0.3, -0.25) is 0 Å². The number of carboxylic acid groups (broad SMARTS) is 1. The highest BCUT2D eigenvalue weighted by Gasteiger charge is 2.27. The number of carboxylic acids is 1. The number of carbonyl (C=O) groups is 1. The van der Waals surface area contributed by atoms with Gasteiger partial charge in [-0.25, -0.2) is 4.79 Å². The summed E-state index contributed by atoms with van der Waals surface area (Å²) in [6.45, 7) is 3.77. The lowest BCUT2D eigenvalue weighted by Gasteiger charge is -2.21. The highest BCUT2D eigenvalue weighted by Crippen LogP contribution is 2.24. The van der Waals surface area contributed by atoms with Crippen LogP contribution in [0, 0.1) is 5.92 Å². The smallest absolute Gasteiger partial charge is 0.333 e. The van der Waals surface area contributed by atoms with E-state index in [-0.39, 0.29) is 12.0 Å². The van der Waals surface area contributed by atoms with Crippen molar-refractivity contribution in [1.82, 2.24) is 0 Å². The minimum atomic E-state index is -0.832. The molecule has 0 aromatic carbocycles. The van der Waals surface area contributed by atoms with Crippen LogP contribution in [-0.2, 0) is 9.53 Å². The van der Waals surface area contributed by atoms with Gasteiger partial charge in [0, 0.05) is 0 Å². The van der Waals surface area contributed by atoms with Crippen molar-refractivity contribution in [2.24, 2.45) is 5.92 Å². The number of hydrogen-bond donors (Lipinski definition) is 1. The molecule has 3 heteroatoms. The largest absolute Gasteiger partial charge is 0.479 e. The summed E-state index contributed by atoms with van der Waals surface area (Å²) in [6, 6.07) is 0. The van der Waals surface area contributed by atoms with E-state index in [4.69, 9.17) is 9.84 Å². The second-order valence-electron chi connectivity index (χ2n) is 4.05. The van der Waals surface area contributed by atoms with Crippen molar-refractivity contribution in [3.05, 3.63) is 0 Å². The topological polar surface area (TPSA) is 46.5 Å². The molecule has 1 unspecified atom stereocenters. The summed E-state index contributed by atoms with van der Waals surface area (Å²) in [5.41, 5.74) is 0. The van der Waals surface area contributed by atoms with Crippen molar-refractivity contribution in [2.75, 3.05) is 0 Å². The van der Waals surface area contributed by atoms with Gasteiger partial charge in [0.05, 0.1) is 6.10 Å². The van der Waals surface area contributed by atoms with E-state index in [0.29, 0.717) is 0 Å². The van der Waals surface area contributed by atoms with E-state index in [2.05, 4.69) is 0 Å². The lowest BCUT2D eigenvalue weighted by molar-refractivity contribution is -0.157.